The molecular formula is C11H11N2O4-. The number of aliphatic carboxylic acids is 1. The maximum absolute atomic E-state index is 10.9. The van der Waals surface area contributed by atoms with E-state index in [0.717, 1.165) is 5.56 Å². The predicted octanol–water partition coefficient (Wildman–Crippen LogP) is -0.715. The van der Waals surface area contributed by atoms with Crippen LogP contribution in [0.2, 0.25) is 0 Å². The summed E-state index contributed by atoms with van der Waals surface area (Å²) in [6, 6.07) is 6.97. The molecule has 1 amide bonds. The number of methoxy groups -OCH3 is 1. The van der Waals surface area contributed by atoms with Crippen molar-refractivity contribution < 1.29 is 19.4 Å². The Morgan fingerprint density at radius 1 is 1.41 bits per heavy atom. The first-order chi connectivity index (χ1) is 8.11. The molecule has 0 bridgehead atoms. The van der Waals surface area contributed by atoms with E-state index in [1.807, 2.05) is 0 Å². The van der Waals surface area contributed by atoms with Crippen LogP contribution in [-0.2, 0) is 9.59 Å². The van der Waals surface area contributed by atoms with Crippen molar-refractivity contribution in [2.24, 2.45) is 5.10 Å². The molecule has 90 valence electrons. The number of ether oxygens (including phenoxy) is 1. The lowest BCUT2D eigenvalue weighted by Gasteiger charge is -2.00. The molecule has 6 heteroatoms. The van der Waals surface area contributed by atoms with Crippen molar-refractivity contribution in [2.45, 2.75) is 6.42 Å². The Morgan fingerprint density at radius 2 is 2.06 bits per heavy atom. The lowest BCUT2D eigenvalue weighted by atomic mass is 10.2. The van der Waals surface area contributed by atoms with E-state index in [1.54, 1.807) is 31.4 Å². The molecule has 0 radical (unpaired) electrons. The van der Waals surface area contributed by atoms with Gasteiger partial charge in [-0.2, -0.15) is 5.10 Å². The molecule has 0 atom stereocenters. The topological polar surface area (TPSA) is 90.8 Å². The summed E-state index contributed by atoms with van der Waals surface area (Å²) in [6.45, 7) is 0. The van der Waals surface area contributed by atoms with Crippen LogP contribution in [0.15, 0.2) is 29.4 Å². The molecule has 1 aromatic rings. The van der Waals surface area contributed by atoms with Gasteiger partial charge in [-0.1, -0.05) is 0 Å². The number of nitrogens with zero attached hydrogens (tertiary/aromatic N) is 1. The molecule has 0 spiro atoms. The third kappa shape index (κ3) is 4.78. The number of hydrogen-bond donors (Lipinski definition) is 1. The molecule has 0 aliphatic heterocycles. The maximum Gasteiger partial charge on any atom is 0.245 e. The summed E-state index contributed by atoms with van der Waals surface area (Å²) in [5.74, 6) is -1.46. The summed E-state index contributed by atoms with van der Waals surface area (Å²) < 4.78 is 4.97. The predicted molar refractivity (Wildman–Crippen MR) is 58.4 cm³/mol. The standard InChI is InChI=1S/C11H12N2O4/c1-17-9-4-2-8(3-5-9)7-12-13-10(14)6-11(15)16/h2-5,7H,6H2,1H3,(H,13,14)(H,15,16)/p-1/b12-7-. The van der Waals surface area contributed by atoms with Gasteiger partial charge in [0.05, 0.1) is 25.7 Å². The Labute approximate surface area is 97.9 Å². The minimum absolute atomic E-state index is 0.708. The number of carboxylic acids is 1. The van der Waals surface area contributed by atoms with Crippen LogP contribution >= 0.6 is 0 Å². The van der Waals surface area contributed by atoms with E-state index in [-0.39, 0.29) is 0 Å². The van der Waals surface area contributed by atoms with Crippen LogP contribution in [0.25, 0.3) is 0 Å². The number of carbonyl (C=O) groups excluding carboxylic acids is 2. The van der Waals surface area contributed by atoms with E-state index in [1.165, 1.54) is 6.21 Å². The zero-order valence-corrected chi connectivity index (χ0v) is 9.17. The van der Waals surface area contributed by atoms with Crippen LogP contribution in [0.5, 0.6) is 5.75 Å². The fourth-order valence-electron chi connectivity index (χ4n) is 1.04. The summed E-state index contributed by atoms with van der Waals surface area (Å²) in [5.41, 5.74) is 2.82. The minimum Gasteiger partial charge on any atom is -0.550 e. The maximum atomic E-state index is 10.9. The third-order valence-electron chi connectivity index (χ3n) is 1.82. The molecule has 1 rings (SSSR count). The zero-order valence-electron chi connectivity index (χ0n) is 9.17. The molecular weight excluding hydrogens is 224 g/mol. The second-order valence-electron chi connectivity index (χ2n) is 3.12. The fraction of sp³-hybridized carbons (Fsp3) is 0.182. The second kappa shape index (κ2) is 6.26. The average Bonchev–Trinajstić information content (AvgIpc) is 2.29. The number of benzene rings is 1. The largest absolute Gasteiger partial charge is 0.550 e. The molecule has 17 heavy (non-hydrogen) atoms. The molecule has 6 nitrogen and oxygen atoms in total. The van der Waals surface area contributed by atoms with Gasteiger partial charge in [-0.05, 0) is 29.8 Å². The molecule has 0 heterocycles. The Morgan fingerprint density at radius 3 is 2.59 bits per heavy atom. The molecule has 1 aromatic carbocycles. The van der Waals surface area contributed by atoms with Gasteiger partial charge in [-0.25, -0.2) is 5.43 Å². The minimum atomic E-state index is -1.44. The van der Waals surface area contributed by atoms with E-state index < -0.39 is 18.3 Å². The first-order valence-corrected chi connectivity index (χ1v) is 4.77. The smallest absolute Gasteiger partial charge is 0.245 e. The average molecular weight is 235 g/mol. The van der Waals surface area contributed by atoms with Gasteiger partial charge in [0.2, 0.25) is 5.91 Å². The highest BCUT2D eigenvalue weighted by atomic mass is 16.5. The van der Waals surface area contributed by atoms with Crippen molar-refractivity contribution in [3.8, 4) is 5.75 Å². The summed E-state index contributed by atoms with van der Waals surface area (Å²) >= 11 is 0. The van der Waals surface area contributed by atoms with Crippen molar-refractivity contribution in [2.75, 3.05) is 7.11 Å². The van der Waals surface area contributed by atoms with Gasteiger partial charge in [0.1, 0.15) is 5.75 Å². The van der Waals surface area contributed by atoms with E-state index in [2.05, 4.69) is 10.5 Å². The summed E-state index contributed by atoms with van der Waals surface area (Å²) in [6.07, 6.45) is 0.687. The van der Waals surface area contributed by atoms with Gasteiger partial charge in [0.15, 0.2) is 0 Å². The van der Waals surface area contributed by atoms with Crippen LogP contribution in [-0.4, -0.2) is 25.2 Å². The van der Waals surface area contributed by atoms with Gasteiger partial charge in [-0.15, -0.1) is 0 Å². The van der Waals surface area contributed by atoms with Crippen LogP contribution in [0.4, 0.5) is 0 Å². The fourth-order valence-corrected chi connectivity index (χ4v) is 1.04. The highest BCUT2D eigenvalue weighted by Crippen LogP contribution is 2.09. The molecule has 0 fully saturated rings. The Hall–Kier alpha value is -2.37. The lowest BCUT2D eigenvalue weighted by molar-refractivity contribution is -0.304. The number of hydrogen-bond acceptors (Lipinski definition) is 5. The van der Waals surface area contributed by atoms with Crippen LogP contribution in [0.1, 0.15) is 12.0 Å². The number of rotatable bonds is 5. The molecule has 0 unspecified atom stereocenters. The van der Waals surface area contributed by atoms with E-state index in [9.17, 15) is 14.7 Å². The van der Waals surface area contributed by atoms with Gasteiger partial charge >= 0.3 is 0 Å². The highest BCUT2D eigenvalue weighted by Gasteiger charge is 1.98. The van der Waals surface area contributed by atoms with Crippen molar-refractivity contribution >= 4 is 18.1 Å². The molecule has 0 aromatic heterocycles. The molecule has 0 aliphatic carbocycles. The molecule has 0 saturated heterocycles. The van der Waals surface area contributed by atoms with Crippen LogP contribution < -0.4 is 15.3 Å². The third-order valence-corrected chi connectivity index (χ3v) is 1.82. The van der Waals surface area contributed by atoms with Gasteiger partial charge < -0.3 is 14.6 Å². The number of hydrazone groups is 1. The van der Waals surface area contributed by atoms with Crippen LogP contribution in [0.3, 0.4) is 0 Å². The van der Waals surface area contributed by atoms with Crippen LogP contribution in [0, 0.1) is 0 Å². The molecule has 0 aliphatic rings. The van der Waals surface area contributed by atoms with Gasteiger partial charge in [0.25, 0.3) is 0 Å². The molecule has 0 saturated carbocycles. The second-order valence-corrected chi connectivity index (χ2v) is 3.12. The molecule has 1 N–H and O–H groups in total. The van der Waals surface area contributed by atoms with Crippen molar-refractivity contribution in [3.63, 3.8) is 0 Å². The summed E-state index contributed by atoms with van der Waals surface area (Å²) in [5, 5.41) is 13.7. The lowest BCUT2D eigenvalue weighted by Crippen LogP contribution is -2.30. The monoisotopic (exact) mass is 235 g/mol. The highest BCUT2D eigenvalue weighted by molar-refractivity contribution is 5.93. The first-order valence-electron chi connectivity index (χ1n) is 4.77. The van der Waals surface area contributed by atoms with Gasteiger partial charge in [-0.3, -0.25) is 4.79 Å². The summed E-state index contributed by atoms with van der Waals surface area (Å²) in [7, 11) is 1.56. The number of amides is 1. The normalized spacial score (nSPS) is 10.2. The SMILES string of the molecule is COc1ccc(/C=N\NC(=O)CC(=O)[O-])cc1. The van der Waals surface area contributed by atoms with E-state index in [0.29, 0.717) is 5.75 Å². The first kappa shape index (κ1) is 12.7. The van der Waals surface area contributed by atoms with Crippen molar-refractivity contribution in [1.82, 2.24) is 5.43 Å². The van der Waals surface area contributed by atoms with Crippen molar-refractivity contribution in [3.05, 3.63) is 29.8 Å². The number of nitrogens with one attached hydrogen (secondary N) is 1. The number of carboxylic acid groups (broad SMARTS) is 1. The Balaban J connectivity index is 2.47. The Bertz CT molecular complexity index is 426. The van der Waals surface area contributed by atoms with Gasteiger partial charge in [0, 0.05) is 0 Å². The zero-order chi connectivity index (χ0) is 12.7. The van der Waals surface area contributed by atoms with E-state index in [4.69, 9.17) is 4.74 Å². The van der Waals surface area contributed by atoms with Crippen molar-refractivity contribution in [1.29, 1.82) is 0 Å². The number of carbonyl (C=O) groups is 2. The Kier molecular flexibility index (Phi) is 4.68. The van der Waals surface area contributed by atoms with E-state index >= 15 is 0 Å². The quantitative estimate of drug-likeness (QED) is 0.414. The summed E-state index contributed by atoms with van der Waals surface area (Å²) in [4.78, 5) is 21.0.